The van der Waals surface area contributed by atoms with Crippen molar-refractivity contribution < 1.29 is 14.6 Å². The number of methoxy groups -OCH3 is 1. The van der Waals surface area contributed by atoms with Gasteiger partial charge in [-0.3, -0.25) is 4.79 Å². The Kier molecular flexibility index (Phi) is 3.55. The summed E-state index contributed by atoms with van der Waals surface area (Å²) in [6.45, 7) is 1.84. The number of phenolic OH excluding ortho intramolecular Hbond substituents is 1. The van der Waals surface area contributed by atoms with Crippen molar-refractivity contribution in [1.29, 1.82) is 0 Å². The second-order valence-electron chi connectivity index (χ2n) is 3.50. The topological polar surface area (TPSA) is 72.5 Å². The minimum Gasteiger partial charge on any atom is -0.508 e. The van der Waals surface area contributed by atoms with Crippen LogP contribution >= 0.6 is 0 Å². The average Bonchev–Trinajstić information content (AvgIpc) is 2.21. The first-order valence-electron chi connectivity index (χ1n) is 4.69. The number of rotatable bonds is 3. The number of esters is 1. The minimum absolute atomic E-state index is 0.110. The van der Waals surface area contributed by atoms with Gasteiger partial charge in [0.15, 0.2) is 0 Å². The van der Waals surface area contributed by atoms with Crippen LogP contribution in [0.2, 0.25) is 0 Å². The van der Waals surface area contributed by atoms with Crippen LogP contribution in [0.4, 0.5) is 5.69 Å². The van der Waals surface area contributed by atoms with E-state index in [1.807, 2.05) is 6.92 Å². The van der Waals surface area contributed by atoms with Crippen molar-refractivity contribution in [2.75, 3.05) is 12.8 Å². The summed E-state index contributed by atoms with van der Waals surface area (Å²) >= 11 is 0. The molecule has 1 unspecified atom stereocenters. The summed E-state index contributed by atoms with van der Waals surface area (Å²) in [5, 5.41) is 9.58. The van der Waals surface area contributed by atoms with Crippen LogP contribution in [-0.2, 0) is 9.53 Å². The van der Waals surface area contributed by atoms with Gasteiger partial charge in [-0.05, 0) is 29.7 Å². The van der Waals surface area contributed by atoms with Gasteiger partial charge < -0.3 is 15.6 Å². The standard InChI is InChI=1S/C11H15NO3/c1-7(5-11(14)15-2)9-6-8(12)3-4-10(9)13/h3-4,6-7,13H,5,12H2,1-2H3. The Morgan fingerprint density at radius 2 is 2.27 bits per heavy atom. The predicted octanol–water partition coefficient (Wildman–Crippen LogP) is 1.64. The molecule has 0 radical (unpaired) electrons. The third-order valence-electron chi connectivity index (χ3n) is 2.28. The van der Waals surface area contributed by atoms with Gasteiger partial charge in [0.05, 0.1) is 13.5 Å². The quantitative estimate of drug-likeness (QED) is 0.451. The third-order valence-corrected chi connectivity index (χ3v) is 2.28. The zero-order valence-electron chi connectivity index (χ0n) is 8.86. The summed E-state index contributed by atoms with van der Waals surface area (Å²) < 4.78 is 4.56. The molecular formula is C11H15NO3. The van der Waals surface area contributed by atoms with Crippen molar-refractivity contribution >= 4 is 11.7 Å². The second kappa shape index (κ2) is 4.68. The molecule has 0 fully saturated rings. The van der Waals surface area contributed by atoms with Crippen molar-refractivity contribution in [2.24, 2.45) is 0 Å². The highest BCUT2D eigenvalue weighted by molar-refractivity contribution is 5.70. The Bertz CT molecular complexity index is 363. The lowest BCUT2D eigenvalue weighted by Gasteiger charge is -2.12. The first kappa shape index (κ1) is 11.4. The van der Waals surface area contributed by atoms with Crippen molar-refractivity contribution in [3.05, 3.63) is 23.8 Å². The fraction of sp³-hybridized carbons (Fsp3) is 0.364. The average molecular weight is 209 g/mol. The number of nitrogens with two attached hydrogens (primary N) is 1. The first-order valence-corrected chi connectivity index (χ1v) is 4.69. The van der Waals surface area contributed by atoms with E-state index < -0.39 is 0 Å². The van der Waals surface area contributed by atoms with Crippen LogP contribution in [0.5, 0.6) is 5.75 Å². The van der Waals surface area contributed by atoms with E-state index in [4.69, 9.17) is 5.73 Å². The molecule has 0 aromatic heterocycles. The van der Waals surface area contributed by atoms with E-state index in [9.17, 15) is 9.90 Å². The lowest BCUT2D eigenvalue weighted by Crippen LogP contribution is -2.06. The molecular weight excluding hydrogens is 194 g/mol. The van der Waals surface area contributed by atoms with Crippen LogP contribution in [-0.4, -0.2) is 18.2 Å². The summed E-state index contributed by atoms with van der Waals surface area (Å²) in [5.74, 6) is -0.258. The molecule has 0 aliphatic rings. The number of benzene rings is 1. The molecule has 1 aromatic carbocycles. The van der Waals surface area contributed by atoms with Gasteiger partial charge in [-0.2, -0.15) is 0 Å². The Morgan fingerprint density at radius 1 is 1.60 bits per heavy atom. The third kappa shape index (κ3) is 2.87. The van der Waals surface area contributed by atoms with Gasteiger partial charge in [0.25, 0.3) is 0 Å². The Morgan fingerprint density at radius 3 is 2.87 bits per heavy atom. The molecule has 0 heterocycles. The second-order valence-corrected chi connectivity index (χ2v) is 3.50. The van der Waals surface area contributed by atoms with Gasteiger partial charge in [-0.25, -0.2) is 0 Å². The maximum absolute atomic E-state index is 11.1. The van der Waals surface area contributed by atoms with Crippen LogP contribution in [0.1, 0.15) is 24.8 Å². The SMILES string of the molecule is COC(=O)CC(C)c1cc(N)ccc1O. The normalized spacial score (nSPS) is 12.1. The van der Waals surface area contributed by atoms with Crippen molar-refractivity contribution in [3.8, 4) is 5.75 Å². The Balaban J connectivity index is 2.85. The fourth-order valence-electron chi connectivity index (χ4n) is 1.41. The molecule has 0 spiro atoms. The molecule has 4 heteroatoms. The first-order chi connectivity index (χ1) is 7.04. The van der Waals surface area contributed by atoms with Crippen LogP contribution in [0.3, 0.4) is 0 Å². The molecule has 3 N–H and O–H groups in total. The zero-order valence-corrected chi connectivity index (χ0v) is 8.86. The number of nitrogen functional groups attached to an aromatic ring is 1. The predicted molar refractivity (Wildman–Crippen MR) is 57.6 cm³/mol. The van der Waals surface area contributed by atoms with Gasteiger partial charge in [0, 0.05) is 5.69 Å². The number of anilines is 1. The Labute approximate surface area is 88.7 Å². The fourth-order valence-corrected chi connectivity index (χ4v) is 1.41. The Hall–Kier alpha value is -1.71. The van der Waals surface area contributed by atoms with Crippen LogP contribution in [0.25, 0.3) is 0 Å². The maximum Gasteiger partial charge on any atom is 0.306 e. The molecule has 1 atom stereocenters. The summed E-state index contributed by atoms with van der Waals surface area (Å²) in [6, 6.07) is 4.81. The summed E-state index contributed by atoms with van der Waals surface area (Å²) in [7, 11) is 1.34. The molecule has 1 rings (SSSR count). The van der Waals surface area contributed by atoms with E-state index in [0.717, 1.165) is 0 Å². The summed E-state index contributed by atoms with van der Waals surface area (Å²) in [4.78, 5) is 11.1. The van der Waals surface area contributed by atoms with E-state index in [2.05, 4.69) is 4.74 Å². The van der Waals surface area contributed by atoms with E-state index in [-0.39, 0.29) is 24.1 Å². The van der Waals surface area contributed by atoms with Gasteiger partial charge in [0.1, 0.15) is 5.75 Å². The summed E-state index contributed by atoms with van der Waals surface area (Å²) in [5.41, 5.74) is 6.84. The maximum atomic E-state index is 11.1. The van der Waals surface area contributed by atoms with Gasteiger partial charge in [0.2, 0.25) is 0 Å². The summed E-state index contributed by atoms with van der Waals surface area (Å²) in [6.07, 6.45) is 0.230. The van der Waals surface area contributed by atoms with Crippen molar-refractivity contribution in [3.63, 3.8) is 0 Å². The van der Waals surface area contributed by atoms with Gasteiger partial charge in [-0.1, -0.05) is 6.92 Å². The number of carbonyl (C=O) groups excluding carboxylic acids is 1. The number of hydrogen-bond acceptors (Lipinski definition) is 4. The molecule has 0 aliphatic carbocycles. The smallest absolute Gasteiger partial charge is 0.306 e. The lowest BCUT2D eigenvalue weighted by molar-refractivity contribution is -0.140. The molecule has 0 amide bonds. The molecule has 0 aliphatic heterocycles. The largest absolute Gasteiger partial charge is 0.508 e. The minimum atomic E-state index is -0.302. The number of hydrogen-bond donors (Lipinski definition) is 2. The van der Waals surface area contributed by atoms with Gasteiger partial charge >= 0.3 is 5.97 Å². The number of carbonyl (C=O) groups is 1. The van der Waals surface area contributed by atoms with Crippen LogP contribution in [0, 0.1) is 0 Å². The number of aromatic hydroxyl groups is 1. The van der Waals surface area contributed by atoms with Crippen molar-refractivity contribution in [1.82, 2.24) is 0 Å². The highest BCUT2D eigenvalue weighted by Crippen LogP contribution is 2.29. The lowest BCUT2D eigenvalue weighted by atomic mass is 9.96. The molecule has 1 aromatic rings. The molecule has 82 valence electrons. The number of ether oxygens (including phenoxy) is 1. The molecule has 0 saturated carbocycles. The number of phenols is 1. The molecule has 0 saturated heterocycles. The monoisotopic (exact) mass is 209 g/mol. The van der Waals surface area contributed by atoms with E-state index in [0.29, 0.717) is 11.3 Å². The van der Waals surface area contributed by atoms with Crippen LogP contribution < -0.4 is 5.73 Å². The highest BCUT2D eigenvalue weighted by Gasteiger charge is 2.14. The van der Waals surface area contributed by atoms with Crippen LogP contribution in [0.15, 0.2) is 18.2 Å². The molecule has 4 nitrogen and oxygen atoms in total. The zero-order chi connectivity index (χ0) is 11.4. The van der Waals surface area contributed by atoms with E-state index in [1.165, 1.54) is 13.2 Å². The van der Waals surface area contributed by atoms with Crippen molar-refractivity contribution in [2.45, 2.75) is 19.3 Å². The molecule has 0 bridgehead atoms. The van der Waals surface area contributed by atoms with Gasteiger partial charge in [-0.15, -0.1) is 0 Å². The van der Waals surface area contributed by atoms with E-state index >= 15 is 0 Å². The highest BCUT2D eigenvalue weighted by atomic mass is 16.5. The molecule has 15 heavy (non-hydrogen) atoms. The van der Waals surface area contributed by atoms with E-state index in [1.54, 1.807) is 12.1 Å².